The molecule has 0 saturated carbocycles. The number of nitrogens with zero attached hydrogens (tertiary/aromatic N) is 1. The number of aromatic nitrogens is 1. The molecule has 0 aliphatic carbocycles. The fourth-order valence-electron chi connectivity index (χ4n) is 8.25. The van der Waals surface area contributed by atoms with Crippen molar-refractivity contribution in [1.82, 2.24) is 10.3 Å². The third-order valence-electron chi connectivity index (χ3n) is 11.9. The Morgan fingerprint density at radius 1 is 0.770 bits per heavy atom. The lowest BCUT2D eigenvalue weighted by Gasteiger charge is -2.48. The summed E-state index contributed by atoms with van der Waals surface area (Å²) in [5, 5.41) is 5.21. The molecule has 1 amide bonds. The van der Waals surface area contributed by atoms with Gasteiger partial charge in [0.1, 0.15) is 41.2 Å². The van der Waals surface area contributed by atoms with Crippen LogP contribution in [0.25, 0.3) is 21.9 Å². The molecule has 61 heavy (non-hydrogen) atoms. The molecule has 320 valence electrons. The minimum absolute atomic E-state index is 0.181. The van der Waals surface area contributed by atoms with Gasteiger partial charge in [-0.05, 0) is 78.5 Å². The molecule has 4 heterocycles. The van der Waals surface area contributed by atoms with Crippen LogP contribution in [0.5, 0.6) is 0 Å². The Morgan fingerprint density at radius 2 is 1.34 bits per heavy atom. The van der Waals surface area contributed by atoms with Gasteiger partial charge in [-0.15, -0.1) is 0 Å². The van der Waals surface area contributed by atoms with E-state index in [1.165, 1.54) is 0 Å². The number of ether oxygens (including phenoxy) is 4. The van der Waals surface area contributed by atoms with E-state index in [1.54, 1.807) is 24.4 Å². The van der Waals surface area contributed by atoms with Gasteiger partial charge in [-0.2, -0.15) is 0 Å². The maximum atomic E-state index is 14.2. The number of aryl methyl sites for hydroxylation is 4. The van der Waals surface area contributed by atoms with Crippen LogP contribution in [0, 0.1) is 27.7 Å². The summed E-state index contributed by atoms with van der Waals surface area (Å²) in [4.78, 5) is 18.5. The summed E-state index contributed by atoms with van der Waals surface area (Å²) in [6.45, 7) is 22.2. The number of hydrogen-bond acceptors (Lipinski definition) is 9. The molecular formula is C50H57N2O8P. The van der Waals surface area contributed by atoms with Gasteiger partial charge in [0, 0.05) is 33.7 Å². The maximum absolute atomic E-state index is 14.2. The van der Waals surface area contributed by atoms with E-state index < -0.39 is 51.1 Å². The van der Waals surface area contributed by atoms with E-state index >= 15 is 0 Å². The highest BCUT2D eigenvalue weighted by molar-refractivity contribution is 7.31. The molecule has 2 aliphatic rings. The summed E-state index contributed by atoms with van der Waals surface area (Å²) in [6, 6.07) is 28.3. The fraction of sp³-hybridized carbons (Fsp3) is 0.400. The average Bonchev–Trinajstić information content (AvgIpc) is 3.41. The number of amides is 1. The molecule has 2 saturated heterocycles. The van der Waals surface area contributed by atoms with E-state index in [1.807, 2.05) is 60.7 Å². The van der Waals surface area contributed by atoms with Gasteiger partial charge in [0.2, 0.25) is 0 Å². The Bertz CT molecular complexity index is 2480. The minimum Gasteiger partial charge on any atom is -0.399 e. The number of pyridine rings is 1. The third-order valence-corrected chi connectivity index (χ3v) is 12.9. The first-order chi connectivity index (χ1) is 29.1. The van der Waals surface area contributed by atoms with Crippen LogP contribution in [0.15, 0.2) is 106 Å². The lowest BCUT2D eigenvalue weighted by Crippen LogP contribution is -2.68. The molecule has 0 spiro atoms. The number of nitrogens with one attached hydrogen (secondary N) is 1. The van der Waals surface area contributed by atoms with E-state index in [4.69, 9.17) is 31.9 Å². The molecule has 2 unspecified atom stereocenters. The van der Waals surface area contributed by atoms with Crippen molar-refractivity contribution in [2.45, 2.75) is 124 Å². The minimum atomic E-state index is -2.24. The normalized spacial score (nSPS) is 21.9. The number of benzene rings is 4. The molecule has 6 aromatic rings. The first-order valence-electron chi connectivity index (χ1n) is 21.1. The molecule has 2 aromatic heterocycles. The number of hydrogen-bond donors (Lipinski definition) is 1. The standard InChI is InChI=1S/C50H57N2O8P/c1-29-25-35(49(5,6)7)42-39(31(29)3)40-32(4)30(2)26-36(50(8,9)10)43(40)59-61(58-42)60-45-41(52-46(53)37-23-17-18-24-51-37)48(54-27-33-19-13-11-14-20-33)56-38-28-55-47(57-44(38)45)34-21-15-12-16-22-34/h11-26,38,41,44-45,47-48H,27-28H2,1-10H3,(H,52,53)/t38-,41-,44-,45-,47?,48?/m1/s1. The van der Waals surface area contributed by atoms with Crippen LogP contribution in [0.2, 0.25) is 0 Å². The van der Waals surface area contributed by atoms with Crippen LogP contribution in [0.3, 0.4) is 0 Å². The fourth-order valence-corrected chi connectivity index (χ4v) is 9.50. The molecule has 6 atom stereocenters. The highest BCUT2D eigenvalue weighted by Gasteiger charge is 2.53. The molecule has 4 aromatic carbocycles. The summed E-state index contributed by atoms with van der Waals surface area (Å²) in [6.07, 6.45) is -2.46. The molecule has 2 fully saturated rings. The zero-order chi connectivity index (χ0) is 43.2. The second-order valence-corrected chi connectivity index (χ2v) is 19.4. The maximum Gasteiger partial charge on any atom is 0.387 e. The van der Waals surface area contributed by atoms with Gasteiger partial charge in [0.05, 0.1) is 13.2 Å². The van der Waals surface area contributed by atoms with Gasteiger partial charge in [-0.1, -0.05) is 120 Å². The largest absolute Gasteiger partial charge is 0.399 e. The van der Waals surface area contributed by atoms with Crippen LogP contribution in [-0.2, 0) is 36.4 Å². The van der Waals surface area contributed by atoms with Crippen molar-refractivity contribution >= 4 is 36.1 Å². The second-order valence-electron chi connectivity index (χ2n) is 18.3. The summed E-state index contributed by atoms with van der Waals surface area (Å²) in [5.41, 5.74) is 9.47. The smallest absolute Gasteiger partial charge is 0.387 e. The van der Waals surface area contributed by atoms with Crippen LogP contribution in [-0.4, -0.2) is 48.1 Å². The van der Waals surface area contributed by atoms with Crippen LogP contribution >= 0.6 is 8.24 Å². The van der Waals surface area contributed by atoms with Crippen molar-refractivity contribution in [2.75, 3.05) is 6.61 Å². The summed E-state index contributed by atoms with van der Waals surface area (Å²) in [5.74, 6) is -0.422. The quantitative estimate of drug-likeness (QED) is 0.160. The van der Waals surface area contributed by atoms with E-state index in [9.17, 15) is 4.79 Å². The van der Waals surface area contributed by atoms with Crippen LogP contribution in [0.1, 0.15) is 103 Å². The van der Waals surface area contributed by atoms with Crippen molar-refractivity contribution in [1.29, 1.82) is 0 Å². The summed E-state index contributed by atoms with van der Waals surface area (Å²) < 4.78 is 48.3. The monoisotopic (exact) mass is 844 g/mol. The van der Waals surface area contributed by atoms with Crippen molar-refractivity contribution in [3.63, 3.8) is 0 Å². The second kappa shape index (κ2) is 17.2. The molecule has 2 aliphatic heterocycles. The zero-order valence-electron chi connectivity index (χ0n) is 36.8. The van der Waals surface area contributed by atoms with Gasteiger partial charge in [-0.3, -0.25) is 14.3 Å². The van der Waals surface area contributed by atoms with Gasteiger partial charge in [-0.25, -0.2) is 0 Å². The van der Waals surface area contributed by atoms with E-state index in [2.05, 4.69) is 91.7 Å². The van der Waals surface area contributed by atoms with Gasteiger partial charge in [0.25, 0.3) is 5.91 Å². The van der Waals surface area contributed by atoms with E-state index in [0.29, 0.717) is 0 Å². The number of carbonyl (C=O) groups excluding carboxylic acids is 1. The Morgan fingerprint density at radius 3 is 1.90 bits per heavy atom. The average molecular weight is 845 g/mol. The predicted molar refractivity (Wildman–Crippen MR) is 238 cm³/mol. The first kappa shape index (κ1) is 42.9. The van der Waals surface area contributed by atoms with Crippen molar-refractivity contribution < 1.29 is 36.7 Å². The van der Waals surface area contributed by atoms with E-state index in [-0.39, 0.29) is 29.7 Å². The predicted octanol–water partition coefficient (Wildman–Crippen LogP) is 11.2. The molecule has 8 rings (SSSR count). The summed E-state index contributed by atoms with van der Waals surface area (Å²) in [7, 11) is -2.24. The van der Waals surface area contributed by atoms with Crippen molar-refractivity contribution in [3.05, 3.63) is 147 Å². The Labute approximate surface area is 359 Å². The highest BCUT2D eigenvalue weighted by atomic mass is 31.1. The topological polar surface area (TPSA) is 114 Å². The third kappa shape index (κ3) is 8.81. The molecule has 0 bridgehead atoms. The van der Waals surface area contributed by atoms with Gasteiger partial charge < -0.3 is 32.7 Å². The van der Waals surface area contributed by atoms with Crippen LogP contribution in [0.4, 0.5) is 0 Å². The van der Waals surface area contributed by atoms with Crippen molar-refractivity contribution in [3.8, 4) is 0 Å². The Hall–Kier alpha value is -4.80. The molecule has 11 heteroatoms. The van der Waals surface area contributed by atoms with E-state index in [0.717, 1.165) is 66.4 Å². The number of rotatable bonds is 8. The Balaban J connectivity index is 1.36. The highest BCUT2D eigenvalue weighted by Crippen LogP contribution is 2.47. The number of fused-ring (bicyclic) bond motifs is 4. The number of carbonyl (C=O) groups is 1. The Kier molecular flexibility index (Phi) is 12.1. The first-order valence-corrected chi connectivity index (χ1v) is 22.2. The molecule has 0 radical (unpaired) electrons. The van der Waals surface area contributed by atoms with Crippen molar-refractivity contribution in [2.24, 2.45) is 0 Å². The molecule has 10 nitrogen and oxygen atoms in total. The molecule has 1 N–H and O–H groups in total. The van der Waals surface area contributed by atoms with Gasteiger partial charge >= 0.3 is 8.24 Å². The SMILES string of the molecule is Cc1cc(C(C)(C)C)c2op(O[C@H]3[C@@H]4OC(c5ccccc5)OC[C@H]4OC(OCc4ccccc4)[C@@H]3NC(=O)c3ccccn3)oc3c(C(C)(C)C)cc(C)c(C)c3c2c1C. The zero-order valence-corrected chi connectivity index (χ0v) is 37.7. The summed E-state index contributed by atoms with van der Waals surface area (Å²) >= 11 is 0. The molecular weight excluding hydrogens is 788 g/mol. The van der Waals surface area contributed by atoms with Gasteiger partial charge in [0.15, 0.2) is 12.6 Å². The van der Waals surface area contributed by atoms with Crippen LogP contribution < -0.4 is 9.84 Å². The lowest BCUT2D eigenvalue weighted by molar-refractivity contribution is -0.339. The lowest BCUT2D eigenvalue weighted by atomic mass is 9.81.